The van der Waals surface area contributed by atoms with Crippen molar-refractivity contribution in [3.63, 3.8) is 0 Å². The van der Waals surface area contributed by atoms with E-state index in [1.165, 1.54) is 29.5 Å². The molecule has 0 aromatic heterocycles. The largest absolute Gasteiger partial charge is 0.385 e. The van der Waals surface area contributed by atoms with Crippen molar-refractivity contribution in [2.24, 2.45) is 0 Å². The Labute approximate surface area is 167 Å². The molecule has 5 rings (SSSR count). The number of fused-ring (bicyclic) bond motifs is 2. The molecule has 28 heavy (non-hydrogen) atoms. The molecule has 3 aromatic carbocycles. The predicted molar refractivity (Wildman–Crippen MR) is 114 cm³/mol. The minimum Gasteiger partial charge on any atom is -0.385 e. The Balaban J connectivity index is 1.45. The van der Waals surface area contributed by atoms with Crippen LogP contribution < -0.4 is 0 Å². The molecule has 2 heterocycles. The number of nitrogens with zero attached hydrogens (tertiary/aromatic N) is 1. The van der Waals surface area contributed by atoms with Crippen molar-refractivity contribution in [1.29, 1.82) is 0 Å². The van der Waals surface area contributed by atoms with Crippen LogP contribution in [0.25, 0.3) is 11.1 Å². The van der Waals surface area contributed by atoms with Gasteiger partial charge in [-0.05, 0) is 47.9 Å². The summed E-state index contributed by atoms with van der Waals surface area (Å²) in [5.41, 5.74) is 4.07. The third-order valence-corrected chi connectivity index (χ3v) is 6.64. The number of benzene rings is 3. The molecule has 0 aliphatic carbocycles. The van der Waals surface area contributed by atoms with Crippen LogP contribution in [0, 0.1) is 0 Å². The molecule has 0 amide bonds. The van der Waals surface area contributed by atoms with Gasteiger partial charge in [-0.3, -0.25) is 4.90 Å². The van der Waals surface area contributed by atoms with Crippen LogP contribution in [-0.4, -0.2) is 22.1 Å². The zero-order valence-electron chi connectivity index (χ0n) is 16.2. The topological polar surface area (TPSA) is 23.5 Å². The van der Waals surface area contributed by atoms with Gasteiger partial charge in [-0.25, -0.2) is 0 Å². The number of rotatable bonds is 4. The summed E-state index contributed by atoms with van der Waals surface area (Å²) in [6.07, 6.45) is 4.01. The van der Waals surface area contributed by atoms with E-state index in [0.29, 0.717) is 12.1 Å². The normalized spacial score (nSPS) is 27.0. The molecule has 0 radical (unpaired) electrons. The first kappa shape index (κ1) is 17.7. The summed E-state index contributed by atoms with van der Waals surface area (Å²) in [6, 6.07) is 30.5. The van der Waals surface area contributed by atoms with Gasteiger partial charge in [0, 0.05) is 18.6 Å². The lowest BCUT2D eigenvalue weighted by Gasteiger charge is -2.44. The van der Waals surface area contributed by atoms with E-state index in [-0.39, 0.29) is 0 Å². The van der Waals surface area contributed by atoms with E-state index in [9.17, 15) is 5.11 Å². The fourth-order valence-corrected chi connectivity index (χ4v) is 5.35. The van der Waals surface area contributed by atoms with Gasteiger partial charge in [0.25, 0.3) is 0 Å². The molecule has 2 fully saturated rings. The Hall–Kier alpha value is -2.42. The highest BCUT2D eigenvalue weighted by molar-refractivity contribution is 5.68. The van der Waals surface area contributed by atoms with Crippen LogP contribution in [-0.2, 0) is 12.1 Å². The van der Waals surface area contributed by atoms with E-state index in [1.54, 1.807) is 0 Å². The minimum atomic E-state index is -0.745. The average molecular weight is 370 g/mol. The van der Waals surface area contributed by atoms with E-state index in [4.69, 9.17) is 0 Å². The van der Waals surface area contributed by atoms with E-state index < -0.39 is 5.60 Å². The third kappa shape index (κ3) is 3.17. The molecule has 3 aromatic rings. The van der Waals surface area contributed by atoms with Crippen LogP contribution in [0.5, 0.6) is 0 Å². The summed E-state index contributed by atoms with van der Waals surface area (Å²) in [4.78, 5) is 2.63. The standard InChI is InChI=1S/C26H27NO/c28-26(25-14-8-7-13-24(25)21-11-5-2-6-12-21)17-22-15-16-23(18-26)27(22)19-20-9-3-1-4-10-20/h1-14,22-23,28H,15-19H2. The van der Waals surface area contributed by atoms with Crippen molar-refractivity contribution in [1.82, 2.24) is 4.90 Å². The Morgan fingerprint density at radius 3 is 2.00 bits per heavy atom. The monoisotopic (exact) mass is 369 g/mol. The summed E-state index contributed by atoms with van der Waals surface area (Å²) in [5, 5.41) is 11.8. The molecular weight excluding hydrogens is 342 g/mol. The molecular formula is C26H27NO. The van der Waals surface area contributed by atoms with Crippen molar-refractivity contribution in [2.75, 3.05) is 0 Å². The molecule has 2 aliphatic heterocycles. The highest BCUT2D eigenvalue weighted by atomic mass is 16.3. The summed E-state index contributed by atoms with van der Waals surface area (Å²) in [7, 11) is 0. The Morgan fingerprint density at radius 1 is 0.750 bits per heavy atom. The lowest BCUT2D eigenvalue weighted by Crippen LogP contribution is -2.49. The Morgan fingerprint density at radius 2 is 1.32 bits per heavy atom. The van der Waals surface area contributed by atoms with Crippen molar-refractivity contribution in [3.8, 4) is 11.1 Å². The molecule has 2 atom stereocenters. The summed E-state index contributed by atoms with van der Waals surface area (Å²) in [6.45, 7) is 0.993. The van der Waals surface area contributed by atoms with Crippen LogP contribution in [0.3, 0.4) is 0 Å². The predicted octanol–water partition coefficient (Wildman–Crippen LogP) is 5.37. The van der Waals surface area contributed by atoms with Crippen LogP contribution in [0.15, 0.2) is 84.9 Å². The van der Waals surface area contributed by atoms with Gasteiger partial charge >= 0.3 is 0 Å². The van der Waals surface area contributed by atoms with E-state index in [0.717, 1.165) is 24.9 Å². The lowest BCUT2D eigenvalue weighted by atomic mass is 9.77. The van der Waals surface area contributed by atoms with E-state index in [2.05, 4.69) is 83.8 Å². The maximum atomic E-state index is 11.8. The van der Waals surface area contributed by atoms with Crippen molar-refractivity contribution < 1.29 is 5.11 Å². The maximum Gasteiger partial charge on any atom is 0.0932 e. The first-order valence-electron chi connectivity index (χ1n) is 10.4. The van der Waals surface area contributed by atoms with Gasteiger partial charge < -0.3 is 5.11 Å². The molecule has 1 N–H and O–H groups in total. The molecule has 0 saturated carbocycles. The van der Waals surface area contributed by atoms with E-state index >= 15 is 0 Å². The first-order valence-corrected chi connectivity index (χ1v) is 10.4. The average Bonchev–Trinajstić information content (AvgIpc) is 2.99. The van der Waals surface area contributed by atoms with Gasteiger partial charge in [-0.15, -0.1) is 0 Å². The van der Waals surface area contributed by atoms with Crippen molar-refractivity contribution in [3.05, 3.63) is 96.1 Å². The smallest absolute Gasteiger partial charge is 0.0932 e. The second-order valence-electron chi connectivity index (χ2n) is 8.39. The number of hydrogen-bond donors (Lipinski definition) is 1. The van der Waals surface area contributed by atoms with Crippen molar-refractivity contribution in [2.45, 2.75) is 49.9 Å². The molecule has 2 heteroatoms. The quantitative estimate of drug-likeness (QED) is 0.668. The summed E-state index contributed by atoms with van der Waals surface area (Å²) < 4.78 is 0. The van der Waals surface area contributed by atoms with Crippen LogP contribution >= 0.6 is 0 Å². The summed E-state index contributed by atoms with van der Waals surface area (Å²) >= 11 is 0. The van der Waals surface area contributed by atoms with Crippen LogP contribution in [0.2, 0.25) is 0 Å². The SMILES string of the molecule is OC1(c2ccccc2-c2ccccc2)CC2CCC(C1)N2Cc1ccccc1. The van der Waals surface area contributed by atoms with Crippen LogP contribution in [0.4, 0.5) is 0 Å². The molecule has 2 saturated heterocycles. The first-order chi connectivity index (χ1) is 13.7. The molecule has 2 bridgehead atoms. The Bertz CT molecular complexity index is 923. The van der Waals surface area contributed by atoms with Gasteiger partial charge in [0.2, 0.25) is 0 Å². The molecule has 2 aliphatic rings. The summed E-state index contributed by atoms with van der Waals surface area (Å²) in [5.74, 6) is 0. The molecule has 2 unspecified atom stereocenters. The molecule has 2 nitrogen and oxygen atoms in total. The fraction of sp³-hybridized carbons (Fsp3) is 0.308. The number of piperidine rings is 1. The molecule has 142 valence electrons. The van der Waals surface area contributed by atoms with Gasteiger partial charge in [0.1, 0.15) is 0 Å². The fourth-order valence-electron chi connectivity index (χ4n) is 5.35. The van der Waals surface area contributed by atoms with Crippen LogP contribution in [0.1, 0.15) is 36.8 Å². The van der Waals surface area contributed by atoms with Gasteiger partial charge in [-0.1, -0.05) is 84.9 Å². The Kier molecular flexibility index (Phi) is 4.54. The van der Waals surface area contributed by atoms with Crippen molar-refractivity contribution >= 4 is 0 Å². The third-order valence-electron chi connectivity index (χ3n) is 6.64. The highest BCUT2D eigenvalue weighted by Gasteiger charge is 2.48. The van der Waals surface area contributed by atoms with E-state index in [1.807, 2.05) is 6.07 Å². The minimum absolute atomic E-state index is 0.452. The van der Waals surface area contributed by atoms with Gasteiger partial charge in [0.05, 0.1) is 5.60 Å². The maximum absolute atomic E-state index is 11.8. The van der Waals surface area contributed by atoms with Gasteiger partial charge in [-0.2, -0.15) is 0 Å². The second kappa shape index (κ2) is 7.20. The number of hydrogen-bond acceptors (Lipinski definition) is 2. The second-order valence-corrected chi connectivity index (χ2v) is 8.39. The zero-order chi connectivity index (χ0) is 19.0. The van der Waals surface area contributed by atoms with Gasteiger partial charge in [0.15, 0.2) is 0 Å². The zero-order valence-corrected chi connectivity index (χ0v) is 16.2. The molecule has 0 spiro atoms. The number of aliphatic hydroxyl groups is 1. The highest BCUT2D eigenvalue weighted by Crippen LogP contribution is 2.48. The lowest BCUT2D eigenvalue weighted by molar-refractivity contribution is -0.0591.